The Hall–Kier alpha value is -2.70. The molecule has 0 saturated heterocycles. The van der Waals surface area contributed by atoms with Crippen LogP contribution in [0.25, 0.3) is 0 Å². The summed E-state index contributed by atoms with van der Waals surface area (Å²) in [7, 11) is 0. The number of aromatic amines is 1. The Morgan fingerprint density at radius 2 is 2.04 bits per heavy atom. The van der Waals surface area contributed by atoms with Gasteiger partial charge in [-0.15, -0.1) is 0 Å². The van der Waals surface area contributed by atoms with Crippen molar-refractivity contribution >= 4 is 17.5 Å². The van der Waals surface area contributed by atoms with Gasteiger partial charge in [0.15, 0.2) is 0 Å². The predicted molar refractivity (Wildman–Crippen MR) is 94.2 cm³/mol. The summed E-state index contributed by atoms with van der Waals surface area (Å²) in [6.45, 7) is 1.88. The summed E-state index contributed by atoms with van der Waals surface area (Å²) in [5, 5.41) is 12.3. The fraction of sp³-hybridized carbons (Fsp3) is 0.444. The van der Waals surface area contributed by atoms with Crippen molar-refractivity contribution in [2.45, 2.75) is 51.5 Å². The Morgan fingerprint density at radius 3 is 2.72 bits per heavy atom. The first-order valence-corrected chi connectivity index (χ1v) is 8.67. The molecule has 1 aliphatic carbocycles. The average molecular weight is 341 g/mol. The van der Waals surface area contributed by atoms with Gasteiger partial charge in [-0.25, -0.2) is 4.98 Å². The quantitative estimate of drug-likeness (QED) is 0.777. The van der Waals surface area contributed by atoms with Crippen molar-refractivity contribution in [2.75, 3.05) is 5.32 Å². The van der Waals surface area contributed by atoms with Crippen LogP contribution in [0.3, 0.4) is 0 Å². The summed E-state index contributed by atoms with van der Waals surface area (Å²) in [4.78, 5) is 28.4. The molecule has 1 aromatic carbocycles. The number of H-pyrrole nitrogens is 1. The molecule has 132 valence electrons. The number of rotatable bonds is 5. The molecule has 1 fully saturated rings. The zero-order valence-electron chi connectivity index (χ0n) is 14.3. The monoisotopic (exact) mass is 341 g/mol. The number of benzene rings is 1. The summed E-state index contributed by atoms with van der Waals surface area (Å²) < 4.78 is 0. The Bertz CT molecular complexity index is 736. The second-order valence-electron chi connectivity index (χ2n) is 6.50. The zero-order valence-corrected chi connectivity index (χ0v) is 14.3. The Balaban J connectivity index is 1.59. The summed E-state index contributed by atoms with van der Waals surface area (Å²) in [6.07, 6.45) is 7.23. The maximum absolute atomic E-state index is 12.4. The Morgan fingerprint density at radius 1 is 1.24 bits per heavy atom. The average Bonchev–Trinajstić information content (AvgIpc) is 3.10. The lowest BCUT2D eigenvalue weighted by molar-refractivity contribution is -0.115. The fourth-order valence-electron chi connectivity index (χ4n) is 3.12. The van der Waals surface area contributed by atoms with Gasteiger partial charge in [0.05, 0.1) is 6.42 Å². The van der Waals surface area contributed by atoms with Gasteiger partial charge in [-0.3, -0.25) is 14.7 Å². The summed E-state index contributed by atoms with van der Waals surface area (Å²) >= 11 is 0. The van der Waals surface area contributed by atoms with Crippen LogP contribution in [0, 0.1) is 6.92 Å². The molecule has 0 aliphatic heterocycles. The number of hydrogen-bond acceptors (Lipinski definition) is 4. The number of amides is 2. The van der Waals surface area contributed by atoms with Crippen LogP contribution in [0.15, 0.2) is 24.5 Å². The van der Waals surface area contributed by atoms with Crippen LogP contribution in [-0.4, -0.2) is 33.0 Å². The van der Waals surface area contributed by atoms with Crippen molar-refractivity contribution in [3.05, 3.63) is 41.5 Å². The van der Waals surface area contributed by atoms with Gasteiger partial charge in [0.2, 0.25) is 5.91 Å². The van der Waals surface area contributed by atoms with E-state index in [1.807, 2.05) is 13.0 Å². The van der Waals surface area contributed by atoms with E-state index in [4.69, 9.17) is 0 Å². The molecule has 1 heterocycles. The second-order valence-corrected chi connectivity index (χ2v) is 6.50. The maximum Gasteiger partial charge on any atom is 0.251 e. The standard InChI is InChI=1S/C18H23N5O2/c1-12-9-13(18(25)21-14-5-3-2-4-6-14)7-8-15(12)22-17(24)10-16-19-11-20-23-16/h7-9,11,14H,2-6,10H2,1H3,(H,21,25)(H,22,24)(H,19,20,23). The van der Waals surface area contributed by atoms with E-state index in [1.54, 1.807) is 12.1 Å². The van der Waals surface area contributed by atoms with Crippen molar-refractivity contribution in [2.24, 2.45) is 0 Å². The van der Waals surface area contributed by atoms with Gasteiger partial charge in [0.25, 0.3) is 5.91 Å². The lowest BCUT2D eigenvalue weighted by atomic mass is 9.95. The molecular weight excluding hydrogens is 318 g/mol. The first-order valence-electron chi connectivity index (χ1n) is 8.67. The van der Waals surface area contributed by atoms with Gasteiger partial charge in [-0.2, -0.15) is 5.10 Å². The molecule has 2 amide bonds. The highest BCUT2D eigenvalue weighted by Crippen LogP contribution is 2.20. The molecule has 0 unspecified atom stereocenters. The van der Waals surface area contributed by atoms with Crippen LogP contribution in [-0.2, 0) is 11.2 Å². The van der Waals surface area contributed by atoms with Crippen molar-refractivity contribution in [3.63, 3.8) is 0 Å². The number of nitrogens with zero attached hydrogens (tertiary/aromatic N) is 2. The number of anilines is 1. The van der Waals surface area contributed by atoms with E-state index in [9.17, 15) is 9.59 Å². The molecular formula is C18H23N5O2. The van der Waals surface area contributed by atoms with Crippen LogP contribution in [0.4, 0.5) is 5.69 Å². The third-order valence-electron chi connectivity index (χ3n) is 4.50. The predicted octanol–water partition coefficient (Wildman–Crippen LogP) is 2.36. The number of carbonyl (C=O) groups is 2. The number of carbonyl (C=O) groups excluding carboxylic acids is 2. The SMILES string of the molecule is Cc1cc(C(=O)NC2CCCCC2)ccc1NC(=O)Cc1ncn[nH]1. The fourth-order valence-corrected chi connectivity index (χ4v) is 3.12. The van der Waals surface area contributed by atoms with Gasteiger partial charge >= 0.3 is 0 Å². The van der Waals surface area contributed by atoms with Crippen LogP contribution in [0.2, 0.25) is 0 Å². The molecule has 7 heteroatoms. The summed E-state index contributed by atoms with van der Waals surface area (Å²) in [6, 6.07) is 5.60. The van der Waals surface area contributed by atoms with E-state index in [0.29, 0.717) is 17.1 Å². The summed E-state index contributed by atoms with van der Waals surface area (Å²) in [5.74, 6) is 0.285. The van der Waals surface area contributed by atoms with Gasteiger partial charge in [0.1, 0.15) is 12.2 Å². The molecule has 1 aromatic heterocycles. The van der Waals surface area contributed by atoms with Gasteiger partial charge < -0.3 is 10.6 Å². The van der Waals surface area contributed by atoms with E-state index in [2.05, 4.69) is 25.8 Å². The molecule has 0 bridgehead atoms. The van der Waals surface area contributed by atoms with E-state index in [0.717, 1.165) is 18.4 Å². The van der Waals surface area contributed by atoms with Crippen molar-refractivity contribution < 1.29 is 9.59 Å². The van der Waals surface area contributed by atoms with E-state index >= 15 is 0 Å². The smallest absolute Gasteiger partial charge is 0.251 e. The van der Waals surface area contributed by atoms with Crippen LogP contribution in [0.1, 0.15) is 53.8 Å². The van der Waals surface area contributed by atoms with E-state index in [1.165, 1.54) is 25.6 Å². The largest absolute Gasteiger partial charge is 0.349 e. The molecule has 3 N–H and O–H groups in total. The summed E-state index contributed by atoms with van der Waals surface area (Å²) in [5.41, 5.74) is 2.16. The van der Waals surface area contributed by atoms with Crippen molar-refractivity contribution in [1.29, 1.82) is 0 Å². The topological polar surface area (TPSA) is 99.8 Å². The first-order chi connectivity index (χ1) is 12.1. The van der Waals surface area contributed by atoms with Crippen LogP contribution >= 0.6 is 0 Å². The lowest BCUT2D eigenvalue weighted by Crippen LogP contribution is -2.36. The highest BCUT2D eigenvalue weighted by Gasteiger charge is 2.17. The molecule has 0 atom stereocenters. The highest BCUT2D eigenvalue weighted by atomic mass is 16.2. The highest BCUT2D eigenvalue weighted by molar-refractivity contribution is 5.97. The lowest BCUT2D eigenvalue weighted by Gasteiger charge is -2.23. The zero-order chi connectivity index (χ0) is 17.6. The Labute approximate surface area is 146 Å². The molecule has 1 aliphatic rings. The van der Waals surface area contributed by atoms with E-state index < -0.39 is 0 Å². The third kappa shape index (κ3) is 4.65. The second kappa shape index (κ2) is 7.92. The van der Waals surface area contributed by atoms with Crippen molar-refractivity contribution in [3.8, 4) is 0 Å². The minimum atomic E-state index is -0.181. The number of hydrogen-bond donors (Lipinski definition) is 3. The van der Waals surface area contributed by atoms with Gasteiger partial charge in [-0.05, 0) is 43.5 Å². The molecule has 3 rings (SSSR count). The molecule has 2 aromatic rings. The minimum absolute atomic E-state index is 0.0467. The third-order valence-corrected chi connectivity index (χ3v) is 4.50. The number of nitrogens with one attached hydrogen (secondary N) is 3. The molecule has 0 radical (unpaired) electrons. The van der Waals surface area contributed by atoms with Gasteiger partial charge in [0, 0.05) is 17.3 Å². The van der Waals surface area contributed by atoms with E-state index in [-0.39, 0.29) is 24.3 Å². The number of aromatic nitrogens is 3. The normalized spacial score (nSPS) is 14.9. The number of aryl methyl sites for hydroxylation is 1. The van der Waals surface area contributed by atoms with Crippen molar-refractivity contribution in [1.82, 2.24) is 20.5 Å². The van der Waals surface area contributed by atoms with Gasteiger partial charge in [-0.1, -0.05) is 19.3 Å². The van der Waals surface area contributed by atoms with Crippen LogP contribution < -0.4 is 10.6 Å². The molecule has 1 saturated carbocycles. The maximum atomic E-state index is 12.4. The van der Waals surface area contributed by atoms with Crippen LogP contribution in [0.5, 0.6) is 0 Å². The molecule has 7 nitrogen and oxygen atoms in total. The Kier molecular flexibility index (Phi) is 5.42. The minimum Gasteiger partial charge on any atom is -0.349 e. The molecule has 25 heavy (non-hydrogen) atoms. The first kappa shape index (κ1) is 17.1. The molecule has 0 spiro atoms.